The molecular weight excluding hydrogens is 174 g/mol. The van der Waals surface area contributed by atoms with E-state index in [0.717, 1.165) is 5.56 Å². The average molecular weight is 183 g/mol. The van der Waals surface area contributed by atoms with Gasteiger partial charge in [0, 0.05) is 12.0 Å². The summed E-state index contributed by atoms with van der Waals surface area (Å²) in [6.45, 7) is 3.71. The molecule has 1 aliphatic heterocycles. The van der Waals surface area contributed by atoms with E-state index in [1.54, 1.807) is 0 Å². The number of hydrogen-bond donors (Lipinski definition) is 0. The summed E-state index contributed by atoms with van der Waals surface area (Å²) in [5.41, 5.74) is 1.59. The summed E-state index contributed by atoms with van der Waals surface area (Å²) >= 11 is 0. The van der Waals surface area contributed by atoms with Crippen molar-refractivity contribution in [2.24, 2.45) is 0 Å². The van der Waals surface area contributed by atoms with Crippen LogP contribution in [0.5, 0.6) is 0 Å². The molecule has 0 saturated carbocycles. The van der Waals surface area contributed by atoms with Gasteiger partial charge in [-0.3, -0.25) is 0 Å². The van der Waals surface area contributed by atoms with Crippen LogP contribution in [-0.2, 0) is 4.74 Å². The number of nitriles is 1. The van der Waals surface area contributed by atoms with Crippen LogP contribution in [0.3, 0.4) is 0 Å². The van der Waals surface area contributed by atoms with Gasteiger partial charge in [-0.05, 0) is 0 Å². The van der Waals surface area contributed by atoms with Gasteiger partial charge in [0.05, 0.1) is 11.6 Å². The second kappa shape index (κ2) is 3.39. The third kappa shape index (κ3) is 1.40. The molecule has 2 rings (SSSR count). The zero-order chi connectivity index (χ0) is 9.97. The van der Waals surface area contributed by atoms with Crippen molar-refractivity contribution >= 4 is 5.76 Å². The summed E-state index contributed by atoms with van der Waals surface area (Å²) in [7, 11) is 0. The Bertz CT molecular complexity index is 437. The van der Waals surface area contributed by atoms with Crippen molar-refractivity contribution in [3.63, 3.8) is 0 Å². The summed E-state index contributed by atoms with van der Waals surface area (Å²) in [6.07, 6.45) is 0.528. The van der Waals surface area contributed by atoms with E-state index in [1.165, 1.54) is 0 Å². The van der Waals surface area contributed by atoms with Crippen LogP contribution in [0.1, 0.15) is 12.0 Å². The van der Waals surface area contributed by atoms with Crippen molar-refractivity contribution in [2.75, 3.05) is 0 Å². The molecule has 0 unspecified atom stereocenters. The summed E-state index contributed by atoms with van der Waals surface area (Å²) in [5.74, 6) is 1.29. The molecule has 0 amide bonds. The van der Waals surface area contributed by atoms with Crippen molar-refractivity contribution in [3.8, 4) is 6.07 Å². The monoisotopic (exact) mass is 183 g/mol. The van der Waals surface area contributed by atoms with Crippen LogP contribution in [0.25, 0.3) is 5.76 Å². The molecule has 0 fully saturated rings. The largest absolute Gasteiger partial charge is 0.460 e. The Morgan fingerprint density at radius 3 is 2.64 bits per heavy atom. The lowest BCUT2D eigenvalue weighted by Gasteiger charge is -2.03. The van der Waals surface area contributed by atoms with Gasteiger partial charge >= 0.3 is 0 Å². The number of rotatable bonds is 1. The predicted molar refractivity (Wildman–Crippen MR) is 53.8 cm³/mol. The molecule has 1 aromatic carbocycles. The molecule has 0 spiro atoms. The molecule has 0 aromatic heterocycles. The molecule has 0 aliphatic carbocycles. The zero-order valence-corrected chi connectivity index (χ0v) is 7.66. The molecule has 0 bridgehead atoms. The second-order valence-electron chi connectivity index (χ2n) is 3.10. The highest BCUT2D eigenvalue weighted by atomic mass is 16.5. The highest BCUT2D eigenvalue weighted by Crippen LogP contribution is 2.33. The summed E-state index contributed by atoms with van der Waals surface area (Å²) < 4.78 is 5.41. The van der Waals surface area contributed by atoms with E-state index in [0.29, 0.717) is 23.5 Å². The van der Waals surface area contributed by atoms with Gasteiger partial charge in [0.2, 0.25) is 0 Å². The third-order valence-electron chi connectivity index (χ3n) is 2.07. The van der Waals surface area contributed by atoms with Crippen molar-refractivity contribution in [3.05, 3.63) is 53.8 Å². The average Bonchev–Trinajstić information content (AvgIpc) is 2.61. The maximum Gasteiger partial charge on any atom is 0.148 e. The molecule has 0 N–H and O–H groups in total. The number of allylic oxidation sites excluding steroid dienone is 1. The van der Waals surface area contributed by atoms with E-state index in [2.05, 4.69) is 12.6 Å². The van der Waals surface area contributed by atoms with Crippen LogP contribution < -0.4 is 0 Å². The van der Waals surface area contributed by atoms with Gasteiger partial charge in [-0.1, -0.05) is 36.9 Å². The second-order valence-corrected chi connectivity index (χ2v) is 3.10. The quantitative estimate of drug-likeness (QED) is 0.670. The number of benzene rings is 1. The highest BCUT2D eigenvalue weighted by Gasteiger charge is 2.20. The van der Waals surface area contributed by atoms with Crippen LogP contribution in [0.15, 0.2) is 48.2 Å². The van der Waals surface area contributed by atoms with E-state index in [9.17, 15) is 0 Å². The van der Waals surface area contributed by atoms with E-state index in [-0.39, 0.29) is 0 Å². The first kappa shape index (κ1) is 8.58. The minimum atomic E-state index is 0.528. The minimum absolute atomic E-state index is 0.528. The van der Waals surface area contributed by atoms with Crippen LogP contribution in [-0.4, -0.2) is 0 Å². The maximum atomic E-state index is 8.89. The molecule has 2 nitrogen and oxygen atoms in total. The molecule has 0 saturated heterocycles. The standard InChI is InChI=1S/C12H9NO/c1-9-7-11(8-13)12(14-9)10-5-3-2-4-6-10/h2-6H,1,7H2. The molecule has 1 aliphatic rings. The first-order valence-electron chi connectivity index (χ1n) is 4.35. The van der Waals surface area contributed by atoms with E-state index in [1.807, 2.05) is 30.3 Å². The maximum absolute atomic E-state index is 8.89. The van der Waals surface area contributed by atoms with Crippen LogP contribution in [0, 0.1) is 11.3 Å². The molecule has 1 aromatic rings. The molecule has 14 heavy (non-hydrogen) atoms. The van der Waals surface area contributed by atoms with Crippen molar-refractivity contribution in [2.45, 2.75) is 6.42 Å². The first-order chi connectivity index (χ1) is 6.81. The van der Waals surface area contributed by atoms with Crippen LogP contribution in [0.4, 0.5) is 0 Å². The molecule has 68 valence electrons. The fraction of sp³-hybridized carbons (Fsp3) is 0.0833. The third-order valence-corrected chi connectivity index (χ3v) is 2.07. The Labute approximate surface area is 82.7 Å². The van der Waals surface area contributed by atoms with Crippen LogP contribution in [0.2, 0.25) is 0 Å². The van der Waals surface area contributed by atoms with Gasteiger partial charge in [-0.15, -0.1) is 0 Å². The molecular formula is C12H9NO. The van der Waals surface area contributed by atoms with E-state index in [4.69, 9.17) is 10.00 Å². The SMILES string of the molecule is C=C1CC(C#N)=C(c2ccccc2)O1. The highest BCUT2D eigenvalue weighted by molar-refractivity contribution is 5.70. The van der Waals surface area contributed by atoms with E-state index >= 15 is 0 Å². The van der Waals surface area contributed by atoms with E-state index < -0.39 is 0 Å². The van der Waals surface area contributed by atoms with Crippen LogP contribution >= 0.6 is 0 Å². The van der Waals surface area contributed by atoms with Gasteiger partial charge in [-0.2, -0.15) is 5.26 Å². The Morgan fingerprint density at radius 1 is 1.29 bits per heavy atom. The summed E-state index contributed by atoms with van der Waals surface area (Å²) in [4.78, 5) is 0. The van der Waals surface area contributed by atoms with Gasteiger partial charge in [0.15, 0.2) is 0 Å². The van der Waals surface area contributed by atoms with Crippen molar-refractivity contribution in [1.82, 2.24) is 0 Å². The van der Waals surface area contributed by atoms with Gasteiger partial charge in [0.25, 0.3) is 0 Å². The fourth-order valence-corrected chi connectivity index (χ4v) is 1.43. The lowest BCUT2D eigenvalue weighted by molar-refractivity contribution is 0.399. The van der Waals surface area contributed by atoms with Gasteiger partial charge < -0.3 is 4.74 Å². The number of hydrogen-bond acceptors (Lipinski definition) is 2. The van der Waals surface area contributed by atoms with Gasteiger partial charge in [0.1, 0.15) is 11.5 Å². The predicted octanol–water partition coefficient (Wildman–Crippen LogP) is 2.86. The Kier molecular flexibility index (Phi) is 2.08. The normalized spacial score (nSPS) is 15.2. The number of ether oxygens (including phenoxy) is 1. The van der Waals surface area contributed by atoms with Crippen molar-refractivity contribution < 1.29 is 4.74 Å². The topological polar surface area (TPSA) is 33.0 Å². The van der Waals surface area contributed by atoms with Crippen molar-refractivity contribution in [1.29, 1.82) is 5.26 Å². The number of nitrogens with zero attached hydrogens (tertiary/aromatic N) is 1. The fourth-order valence-electron chi connectivity index (χ4n) is 1.43. The molecule has 0 radical (unpaired) electrons. The molecule has 0 atom stereocenters. The summed E-state index contributed by atoms with van der Waals surface area (Å²) in [5, 5.41) is 8.89. The minimum Gasteiger partial charge on any atom is -0.460 e. The lowest BCUT2D eigenvalue weighted by Crippen LogP contribution is -1.84. The smallest absolute Gasteiger partial charge is 0.148 e. The Morgan fingerprint density at radius 2 is 2.00 bits per heavy atom. The molecule has 1 heterocycles. The van der Waals surface area contributed by atoms with Gasteiger partial charge in [-0.25, -0.2) is 0 Å². The Balaban J connectivity index is 2.45. The molecule has 2 heteroatoms. The zero-order valence-electron chi connectivity index (χ0n) is 7.66. The summed E-state index contributed by atoms with van der Waals surface area (Å²) in [6, 6.07) is 11.7. The first-order valence-corrected chi connectivity index (χ1v) is 4.35. The lowest BCUT2D eigenvalue weighted by atomic mass is 10.1. The Hall–Kier alpha value is -2.01.